The van der Waals surface area contributed by atoms with Gasteiger partial charge in [0.2, 0.25) is 0 Å². The minimum atomic E-state index is -4.48. The average Bonchev–Trinajstić information content (AvgIpc) is 2.26. The molecule has 0 aliphatic rings. The number of halogens is 3. The molecule has 0 radical (unpaired) electrons. The van der Waals surface area contributed by atoms with Crippen molar-refractivity contribution in [3.05, 3.63) is 35.4 Å². The second-order valence-corrected chi connectivity index (χ2v) is 3.76. The summed E-state index contributed by atoms with van der Waals surface area (Å²) in [5.74, 6) is -1.24. The Morgan fingerprint density at radius 3 is 2.24 bits per heavy atom. The lowest BCUT2D eigenvalue weighted by Gasteiger charge is -2.25. The first kappa shape index (κ1) is 13.5. The van der Waals surface area contributed by atoms with Gasteiger partial charge in [0.1, 0.15) is 5.54 Å². The summed E-state index contributed by atoms with van der Waals surface area (Å²) in [7, 11) is 1.38. The lowest BCUT2D eigenvalue weighted by Crippen LogP contribution is -2.44. The Balaban J connectivity index is 3.28. The average molecular weight is 247 g/mol. The predicted molar refractivity (Wildman–Crippen MR) is 55.5 cm³/mol. The zero-order valence-electron chi connectivity index (χ0n) is 9.30. The summed E-state index contributed by atoms with van der Waals surface area (Å²) in [5, 5.41) is 11.5. The van der Waals surface area contributed by atoms with Crippen LogP contribution in [0.15, 0.2) is 24.3 Å². The van der Waals surface area contributed by atoms with Gasteiger partial charge in [0, 0.05) is 0 Å². The molecule has 2 N–H and O–H groups in total. The molecule has 1 aromatic carbocycles. The molecule has 0 spiro atoms. The fourth-order valence-corrected chi connectivity index (χ4v) is 1.38. The summed E-state index contributed by atoms with van der Waals surface area (Å²) in [4.78, 5) is 11.1. The number of carboxylic acids is 1. The highest BCUT2D eigenvalue weighted by Crippen LogP contribution is 2.32. The van der Waals surface area contributed by atoms with E-state index in [1.807, 2.05) is 0 Å². The van der Waals surface area contributed by atoms with Crippen molar-refractivity contribution in [3.8, 4) is 0 Å². The highest BCUT2D eigenvalue weighted by atomic mass is 19.4. The Bertz CT molecular complexity index is 431. The van der Waals surface area contributed by atoms with Crippen molar-refractivity contribution in [1.29, 1.82) is 0 Å². The van der Waals surface area contributed by atoms with Crippen LogP contribution in [0.25, 0.3) is 0 Å². The van der Waals surface area contributed by atoms with E-state index in [-0.39, 0.29) is 5.56 Å². The number of hydrogen-bond donors (Lipinski definition) is 2. The topological polar surface area (TPSA) is 49.3 Å². The van der Waals surface area contributed by atoms with Gasteiger partial charge in [-0.05, 0) is 31.7 Å². The van der Waals surface area contributed by atoms with Crippen LogP contribution in [0.4, 0.5) is 13.2 Å². The van der Waals surface area contributed by atoms with Gasteiger partial charge in [0.05, 0.1) is 5.56 Å². The van der Waals surface area contributed by atoms with Gasteiger partial charge in [0.15, 0.2) is 0 Å². The van der Waals surface area contributed by atoms with Crippen LogP contribution in [0.1, 0.15) is 18.1 Å². The molecular weight excluding hydrogens is 235 g/mol. The molecule has 1 rings (SSSR count). The molecule has 0 aromatic heterocycles. The first-order chi connectivity index (χ1) is 7.71. The van der Waals surface area contributed by atoms with Crippen molar-refractivity contribution in [3.63, 3.8) is 0 Å². The third-order valence-corrected chi connectivity index (χ3v) is 2.69. The van der Waals surface area contributed by atoms with E-state index in [0.717, 1.165) is 12.1 Å². The number of aliphatic carboxylic acids is 1. The van der Waals surface area contributed by atoms with Crippen molar-refractivity contribution in [2.24, 2.45) is 0 Å². The quantitative estimate of drug-likeness (QED) is 0.861. The van der Waals surface area contributed by atoms with Crippen LogP contribution < -0.4 is 5.32 Å². The number of rotatable bonds is 3. The Hall–Kier alpha value is -1.56. The number of nitrogens with one attached hydrogen (secondary N) is 1. The molecule has 0 amide bonds. The van der Waals surface area contributed by atoms with Gasteiger partial charge in [-0.15, -0.1) is 0 Å². The molecule has 94 valence electrons. The third-order valence-electron chi connectivity index (χ3n) is 2.69. The lowest BCUT2D eigenvalue weighted by molar-refractivity contribution is -0.145. The number of likely N-dealkylation sites (N-methyl/N-ethyl adjacent to an activating group) is 1. The van der Waals surface area contributed by atoms with Crippen molar-refractivity contribution in [2.45, 2.75) is 18.6 Å². The predicted octanol–water partition coefficient (Wildman–Crippen LogP) is 2.22. The first-order valence-corrected chi connectivity index (χ1v) is 4.82. The highest BCUT2D eigenvalue weighted by Gasteiger charge is 2.36. The number of carboxylic acid groups (broad SMARTS) is 1. The van der Waals surface area contributed by atoms with Crippen LogP contribution in [0.3, 0.4) is 0 Å². The van der Waals surface area contributed by atoms with Crippen molar-refractivity contribution < 1.29 is 23.1 Å². The second-order valence-electron chi connectivity index (χ2n) is 3.76. The molecule has 1 unspecified atom stereocenters. The highest BCUT2D eigenvalue weighted by molar-refractivity contribution is 5.80. The minimum Gasteiger partial charge on any atom is -0.480 e. The number of carbonyl (C=O) groups is 1. The standard InChI is InChI=1S/C11H12F3NO2/c1-10(15-2,9(16)17)7-4-3-5-8(6-7)11(12,13)14/h3-6,15H,1-2H3,(H,16,17). The lowest BCUT2D eigenvalue weighted by atomic mass is 9.91. The van der Waals surface area contributed by atoms with Crippen LogP contribution in [0, 0.1) is 0 Å². The molecule has 0 aliphatic heterocycles. The van der Waals surface area contributed by atoms with Crippen LogP contribution in [0.2, 0.25) is 0 Å². The SMILES string of the molecule is CNC(C)(C(=O)O)c1cccc(C(F)(F)F)c1. The molecule has 0 heterocycles. The molecule has 0 fully saturated rings. The minimum absolute atomic E-state index is 0.0577. The summed E-state index contributed by atoms with van der Waals surface area (Å²) >= 11 is 0. The molecule has 0 bridgehead atoms. The van der Waals surface area contributed by atoms with Gasteiger partial charge in [0.25, 0.3) is 0 Å². The summed E-state index contributed by atoms with van der Waals surface area (Å²) in [6, 6.07) is 4.28. The first-order valence-electron chi connectivity index (χ1n) is 4.82. The normalized spacial score (nSPS) is 15.4. The molecular formula is C11H12F3NO2. The molecule has 1 atom stereocenters. The fraction of sp³-hybridized carbons (Fsp3) is 0.364. The van der Waals surface area contributed by atoms with E-state index in [1.54, 1.807) is 0 Å². The molecule has 6 heteroatoms. The largest absolute Gasteiger partial charge is 0.480 e. The van der Waals surface area contributed by atoms with E-state index >= 15 is 0 Å². The van der Waals surface area contributed by atoms with Crippen molar-refractivity contribution in [1.82, 2.24) is 5.32 Å². The Morgan fingerprint density at radius 2 is 1.82 bits per heavy atom. The van der Waals surface area contributed by atoms with Crippen molar-refractivity contribution in [2.75, 3.05) is 7.05 Å². The van der Waals surface area contributed by atoms with Crippen LogP contribution in [0.5, 0.6) is 0 Å². The third kappa shape index (κ3) is 2.58. The summed E-state index contributed by atoms with van der Waals surface area (Å²) in [6.45, 7) is 1.31. The number of benzene rings is 1. The maximum absolute atomic E-state index is 12.5. The zero-order valence-corrected chi connectivity index (χ0v) is 9.30. The van der Waals surface area contributed by atoms with Gasteiger partial charge < -0.3 is 10.4 Å². The Labute approximate surface area is 96.3 Å². The number of alkyl halides is 3. The van der Waals surface area contributed by atoms with Gasteiger partial charge >= 0.3 is 12.1 Å². The van der Waals surface area contributed by atoms with Gasteiger partial charge in [-0.3, -0.25) is 0 Å². The van der Waals surface area contributed by atoms with E-state index in [4.69, 9.17) is 5.11 Å². The van der Waals surface area contributed by atoms with E-state index in [9.17, 15) is 18.0 Å². The monoisotopic (exact) mass is 247 g/mol. The van der Waals surface area contributed by atoms with E-state index in [2.05, 4.69) is 5.32 Å². The van der Waals surface area contributed by atoms with Crippen LogP contribution in [-0.2, 0) is 16.5 Å². The fourth-order valence-electron chi connectivity index (χ4n) is 1.38. The van der Waals surface area contributed by atoms with E-state index in [0.29, 0.717) is 0 Å². The molecule has 3 nitrogen and oxygen atoms in total. The second kappa shape index (κ2) is 4.37. The van der Waals surface area contributed by atoms with Crippen LogP contribution in [-0.4, -0.2) is 18.1 Å². The Morgan fingerprint density at radius 1 is 1.29 bits per heavy atom. The van der Waals surface area contributed by atoms with Crippen molar-refractivity contribution >= 4 is 5.97 Å². The molecule has 1 aromatic rings. The summed E-state index contributed by atoms with van der Waals surface area (Å²) in [5.41, 5.74) is -2.35. The molecule has 0 aliphatic carbocycles. The molecule has 0 saturated heterocycles. The Kier molecular flexibility index (Phi) is 3.47. The maximum Gasteiger partial charge on any atom is 0.416 e. The smallest absolute Gasteiger partial charge is 0.416 e. The molecule has 0 saturated carbocycles. The molecule has 17 heavy (non-hydrogen) atoms. The zero-order chi connectivity index (χ0) is 13.3. The van der Waals surface area contributed by atoms with Gasteiger partial charge in [-0.25, -0.2) is 4.79 Å². The van der Waals surface area contributed by atoms with E-state index < -0.39 is 23.2 Å². The number of hydrogen-bond acceptors (Lipinski definition) is 2. The van der Waals surface area contributed by atoms with Gasteiger partial charge in [-0.2, -0.15) is 13.2 Å². The van der Waals surface area contributed by atoms with E-state index in [1.165, 1.54) is 26.1 Å². The summed E-state index contributed by atoms with van der Waals surface area (Å²) < 4.78 is 37.5. The van der Waals surface area contributed by atoms with Crippen LogP contribution >= 0.6 is 0 Å². The summed E-state index contributed by atoms with van der Waals surface area (Å²) in [6.07, 6.45) is -4.48. The maximum atomic E-state index is 12.5. The van der Waals surface area contributed by atoms with Gasteiger partial charge in [-0.1, -0.05) is 12.1 Å².